The van der Waals surface area contributed by atoms with E-state index in [1.165, 1.54) is 4.90 Å². The second-order valence-electron chi connectivity index (χ2n) is 7.41. The Bertz CT molecular complexity index is 886. The molecule has 3 N–H and O–H groups in total. The van der Waals surface area contributed by atoms with Gasteiger partial charge in [0.1, 0.15) is 6.04 Å². The molecule has 3 aliphatic heterocycles. The normalized spacial score (nSPS) is 22.9. The number of hydrogen-bond donors (Lipinski definition) is 3. The van der Waals surface area contributed by atoms with E-state index in [0.717, 1.165) is 37.2 Å². The van der Waals surface area contributed by atoms with Gasteiger partial charge in [-0.1, -0.05) is 19.2 Å². The van der Waals surface area contributed by atoms with Crippen LogP contribution in [0.1, 0.15) is 36.8 Å². The highest BCUT2D eigenvalue weighted by Gasteiger charge is 2.42. The van der Waals surface area contributed by atoms with Gasteiger partial charge in [0.25, 0.3) is 5.91 Å². The van der Waals surface area contributed by atoms with Crippen molar-refractivity contribution in [1.82, 2.24) is 10.6 Å². The van der Waals surface area contributed by atoms with E-state index in [9.17, 15) is 14.4 Å². The summed E-state index contributed by atoms with van der Waals surface area (Å²) in [6.45, 7) is 9.87. The molecule has 0 spiro atoms. The molecule has 28 heavy (non-hydrogen) atoms. The van der Waals surface area contributed by atoms with Crippen molar-refractivity contribution in [2.75, 3.05) is 23.3 Å². The SMILES string of the molecule is C=Cc1c(NC2CCNCC2)ccc2c1C(=C)C(=O)N2C1CCC(=O)NC1=O. The van der Waals surface area contributed by atoms with Crippen LogP contribution in [0.5, 0.6) is 0 Å². The summed E-state index contributed by atoms with van der Waals surface area (Å²) in [5, 5.41) is 9.24. The number of imide groups is 1. The fraction of sp³-hybridized carbons (Fsp3) is 0.381. The second kappa shape index (κ2) is 7.24. The predicted molar refractivity (Wildman–Crippen MR) is 109 cm³/mol. The molecule has 2 saturated heterocycles. The van der Waals surface area contributed by atoms with Gasteiger partial charge in [-0.25, -0.2) is 0 Å². The Balaban J connectivity index is 1.70. The van der Waals surface area contributed by atoms with Crippen LogP contribution in [0.4, 0.5) is 11.4 Å². The lowest BCUT2D eigenvalue weighted by atomic mass is 9.98. The van der Waals surface area contributed by atoms with E-state index in [-0.39, 0.29) is 18.2 Å². The van der Waals surface area contributed by atoms with Crippen molar-refractivity contribution in [3.05, 3.63) is 36.4 Å². The Morgan fingerprint density at radius 3 is 2.57 bits per heavy atom. The maximum atomic E-state index is 13.0. The van der Waals surface area contributed by atoms with Gasteiger partial charge in [0.2, 0.25) is 11.8 Å². The van der Waals surface area contributed by atoms with Crippen LogP contribution >= 0.6 is 0 Å². The predicted octanol–water partition coefficient (Wildman–Crippen LogP) is 1.66. The third-order valence-corrected chi connectivity index (χ3v) is 5.69. The number of rotatable bonds is 4. The highest BCUT2D eigenvalue weighted by Crippen LogP contribution is 2.43. The molecular weight excluding hydrogens is 356 g/mol. The summed E-state index contributed by atoms with van der Waals surface area (Å²) in [5.41, 5.74) is 3.45. The first kappa shape index (κ1) is 18.4. The number of piperidine rings is 2. The largest absolute Gasteiger partial charge is 0.382 e. The van der Waals surface area contributed by atoms with Gasteiger partial charge in [-0.15, -0.1) is 0 Å². The summed E-state index contributed by atoms with van der Waals surface area (Å²) in [6, 6.07) is 3.44. The Morgan fingerprint density at radius 2 is 1.89 bits per heavy atom. The van der Waals surface area contributed by atoms with Crippen molar-refractivity contribution < 1.29 is 14.4 Å². The summed E-state index contributed by atoms with van der Waals surface area (Å²) in [5.74, 6) is -1.05. The first-order valence-corrected chi connectivity index (χ1v) is 9.64. The van der Waals surface area contributed by atoms with E-state index >= 15 is 0 Å². The zero-order chi connectivity index (χ0) is 19.8. The summed E-state index contributed by atoms with van der Waals surface area (Å²) in [6.07, 6.45) is 4.30. The number of carbonyl (C=O) groups is 3. The van der Waals surface area contributed by atoms with Gasteiger partial charge in [0, 0.05) is 34.9 Å². The smallest absolute Gasteiger partial charge is 0.259 e. The first-order valence-electron chi connectivity index (χ1n) is 9.64. The van der Waals surface area contributed by atoms with E-state index in [1.807, 2.05) is 12.1 Å². The summed E-state index contributed by atoms with van der Waals surface area (Å²) < 4.78 is 0. The molecule has 0 radical (unpaired) electrons. The van der Waals surface area contributed by atoms with Crippen LogP contribution in [0.25, 0.3) is 11.6 Å². The van der Waals surface area contributed by atoms with Crippen LogP contribution in [-0.2, 0) is 14.4 Å². The highest BCUT2D eigenvalue weighted by molar-refractivity contribution is 6.34. The van der Waals surface area contributed by atoms with Gasteiger partial charge in [-0.05, 0) is 44.5 Å². The molecule has 1 atom stereocenters. The summed E-state index contributed by atoms with van der Waals surface area (Å²) in [4.78, 5) is 38.3. The molecule has 7 heteroatoms. The zero-order valence-corrected chi connectivity index (χ0v) is 15.7. The summed E-state index contributed by atoms with van der Waals surface area (Å²) in [7, 11) is 0. The molecule has 2 fully saturated rings. The molecule has 0 aliphatic carbocycles. The van der Waals surface area contributed by atoms with E-state index in [0.29, 0.717) is 29.3 Å². The third-order valence-electron chi connectivity index (χ3n) is 5.69. The van der Waals surface area contributed by atoms with Crippen LogP contribution in [0, 0.1) is 0 Å². The molecule has 1 aromatic rings. The van der Waals surface area contributed by atoms with Gasteiger partial charge in [0.15, 0.2) is 0 Å². The maximum absolute atomic E-state index is 13.0. The molecule has 3 amide bonds. The number of nitrogens with one attached hydrogen (secondary N) is 3. The van der Waals surface area contributed by atoms with Gasteiger partial charge >= 0.3 is 0 Å². The molecular formula is C21H24N4O3. The topological polar surface area (TPSA) is 90.5 Å². The summed E-state index contributed by atoms with van der Waals surface area (Å²) >= 11 is 0. The van der Waals surface area contributed by atoms with Gasteiger partial charge in [0.05, 0.1) is 5.69 Å². The quantitative estimate of drug-likeness (QED) is 0.546. The van der Waals surface area contributed by atoms with Crippen molar-refractivity contribution in [2.24, 2.45) is 0 Å². The Morgan fingerprint density at radius 1 is 1.14 bits per heavy atom. The van der Waals surface area contributed by atoms with Crippen molar-refractivity contribution in [1.29, 1.82) is 0 Å². The lowest BCUT2D eigenvalue weighted by Crippen LogP contribution is -2.53. The lowest BCUT2D eigenvalue weighted by molar-refractivity contribution is -0.135. The molecule has 1 aromatic carbocycles. The van der Waals surface area contributed by atoms with Crippen molar-refractivity contribution >= 4 is 40.7 Å². The maximum Gasteiger partial charge on any atom is 0.259 e. The molecule has 3 heterocycles. The van der Waals surface area contributed by atoms with E-state index < -0.39 is 11.9 Å². The fourth-order valence-corrected chi connectivity index (χ4v) is 4.25. The van der Waals surface area contributed by atoms with Crippen LogP contribution in [0.3, 0.4) is 0 Å². The first-order chi connectivity index (χ1) is 13.5. The van der Waals surface area contributed by atoms with E-state index in [2.05, 4.69) is 29.1 Å². The average Bonchev–Trinajstić information content (AvgIpc) is 2.94. The van der Waals surface area contributed by atoms with Crippen molar-refractivity contribution in [2.45, 2.75) is 37.8 Å². The number of amides is 3. The number of carbonyl (C=O) groups excluding carboxylic acids is 3. The molecule has 1 unspecified atom stereocenters. The molecule has 0 aromatic heterocycles. The van der Waals surface area contributed by atoms with Gasteiger partial charge in [-0.2, -0.15) is 0 Å². The molecule has 7 nitrogen and oxygen atoms in total. The molecule has 3 aliphatic rings. The standard InChI is InChI=1S/C21H24N4O3/c1-3-14-15(23-13-8-10-22-11-9-13)4-5-16-19(14)12(2)21(28)25(16)17-6-7-18(26)24-20(17)27/h3-5,13,17,22-23H,1-2,6-11H2,(H,24,26,27). The number of benzene rings is 1. The Labute approximate surface area is 163 Å². The molecule has 0 saturated carbocycles. The lowest BCUT2D eigenvalue weighted by Gasteiger charge is -2.30. The van der Waals surface area contributed by atoms with Crippen LogP contribution < -0.4 is 20.9 Å². The van der Waals surface area contributed by atoms with Crippen LogP contribution in [0.15, 0.2) is 25.3 Å². The Hall–Kier alpha value is -2.93. The van der Waals surface area contributed by atoms with Crippen molar-refractivity contribution in [3.8, 4) is 0 Å². The number of hydrogen-bond acceptors (Lipinski definition) is 5. The van der Waals surface area contributed by atoms with Crippen molar-refractivity contribution in [3.63, 3.8) is 0 Å². The molecule has 146 valence electrons. The molecule has 4 rings (SSSR count). The zero-order valence-electron chi connectivity index (χ0n) is 15.7. The van der Waals surface area contributed by atoms with Crippen LogP contribution in [0.2, 0.25) is 0 Å². The number of nitrogens with zero attached hydrogens (tertiary/aromatic N) is 1. The van der Waals surface area contributed by atoms with Gasteiger partial charge < -0.3 is 10.6 Å². The third kappa shape index (κ3) is 3.01. The molecule has 0 bridgehead atoms. The minimum absolute atomic E-state index is 0.214. The van der Waals surface area contributed by atoms with E-state index in [4.69, 9.17) is 0 Å². The number of anilines is 2. The average molecular weight is 380 g/mol. The Kier molecular flexibility index (Phi) is 4.77. The highest BCUT2D eigenvalue weighted by atomic mass is 16.2. The van der Waals surface area contributed by atoms with E-state index in [1.54, 1.807) is 6.08 Å². The van der Waals surface area contributed by atoms with Gasteiger partial charge in [-0.3, -0.25) is 24.6 Å². The monoisotopic (exact) mass is 380 g/mol. The minimum atomic E-state index is -0.705. The van der Waals surface area contributed by atoms with Crippen LogP contribution in [-0.4, -0.2) is 42.9 Å². The fourth-order valence-electron chi connectivity index (χ4n) is 4.25. The second-order valence-corrected chi connectivity index (χ2v) is 7.41. The number of fused-ring (bicyclic) bond motifs is 1. The minimum Gasteiger partial charge on any atom is -0.382 e.